The van der Waals surface area contributed by atoms with E-state index < -0.39 is 0 Å². The Hall–Kier alpha value is -1.34. The van der Waals surface area contributed by atoms with Gasteiger partial charge in [0.2, 0.25) is 0 Å². The van der Waals surface area contributed by atoms with Crippen LogP contribution in [0.5, 0.6) is 0 Å². The molecule has 0 N–H and O–H groups in total. The zero-order chi connectivity index (χ0) is 11.5. The van der Waals surface area contributed by atoms with E-state index in [9.17, 15) is 0 Å². The van der Waals surface area contributed by atoms with Crippen molar-refractivity contribution in [2.24, 2.45) is 0 Å². The van der Waals surface area contributed by atoms with Crippen molar-refractivity contribution in [1.29, 1.82) is 0 Å². The number of hydrogen-bond donors (Lipinski definition) is 0. The van der Waals surface area contributed by atoms with E-state index in [0.29, 0.717) is 5.92 Å². The van der Waals surface area contributed by atoms with Crippen LogP contribution in [0.15, 0.2) is 42.7 Å². The quantitative estimate of drug-likeness (QED) is 0.740. The number of halogens is 1. The van der Waals surface area contributed by atoms with Crippen molar-refractivity contribution < 1.29 is 0 Å². The predicted octanol–water partition coefficient (Wildman–Crippen LogP) is 4.53. The highest BCUT2D eigenvalue weighted by Crippen LogP contribution is 2.30. The smallest absolute Gasteiger partial charge is 0.0409 e. The minimum atomic E-state index is 0.453. The second kappa shape index (κ2) is 4.67. The maximum atomic E-state index is 6.03. The summed E-state index contributed by atoms with van der Waals surface area (Å²) in [4.78, 5) is 4.15. The van der Waals surface area contributed by atoms with Gasteiger partial charge < -0.3 is 0 Å². The molecule has 1 aromatic heterocycles. The number of benzene rings is 1. The molecule has 0 aliphatic heterocycles. The molecular formula is C14H14ClN. The Bertz CT molecular complexity index is 477. The van der Waals surface area contributed by atoms with Crippen LogP contribution >= 0.6 is 11.6 Å². The van der Waals surface area contributed by atoms with Crippen LogP contribution in [0.2, 0.25) is 5.02 Å². The van der Waals surface area contributed by atoms with Gasteiger partial charge in [0, 0.05) is 23.0 Å². The Balaban J connectivity index is 2.57. The lowest BCUT2D eigenvalue weighted by molar-refractivity contribution is 0.869. The summed E-state index contributed by atoms with van der Waals surface area (Å²) in [7, 11) is 0. The monoisotopic (exact) mass is 231 g/mol. The summed E-state index contributed by atoms with van der Waals surface area (Å²) in [5.41, 5.74) is 3.62. The molecule has 1 aromatic carbocycles. The summed E-state index contributed by atoms with van der Waals surface area (Å²) >= 11 is 6.03. The van der Waals surface area contributed by atoms with Crippen LogP contribution < -0.4 is 0 Å². The maximum absolute atomic E-state index is 6.03. The summed E-state index contributed by atoms with van der Waals surface area (Å²) in [6.07, 6.45) is 3.67. The van der Waals surface area contributed by atoms with Gasteiger partial charge in [0.15, 0.2) is 0 Å². The van der Waals surface area contributed by atoms with E-state index in [1.807, 2.05) is 24.4 Å². The topological polar surface area (TPSA) is 12.9 Å². The average molecular weight is 232 g/mol. The fourth-order valence-electron chi connectivity index (χ4n) is 1.80. The first-order valence-corrected chi connectivity index (χ1v) is 5.76. The van der Waals surface area contributed by atoms with Gasteiger partial charge in [-0.2, -0.15) is 0 Å². The summed E-state index contributed by atoms with van der Waals surface area (Å²) < 4.78 is 0. The number of aromatic nitrogens is 1. The Labute approximate surface area is 101 Å². The van der Waals surface area contributed by atoms with E-state index in [-0.39, 0.29) is 0 Å². The summed E-state index contributed by atoms with van der Waals surface area (Å²) in [5.74, 6) is 0.453. The highest BCUT2D eigenvalue weighted by molar-refractivity contribution is 6.30. The van der Waals surface area contributed by atoms with Gasteiger partial charge in [0.1, 0.15) is 0 Å². The Kier molecular flexibility index (Phi) is 3.25. The SMILES string of the molecule is CC(C)c1cc(Cl)ccc1-c1cccnc1. The van der Waals surface area contributed by atoms with Crippen LogP contribution in [0.1, 0.15) is 25.3 Å². The van der Waals surface area contributed by atoms with Gasteiger partial charge in [-0.25, -0.2) is 0 Å². The van der Waals surface area contributed by atoms with Gasteiger partial charge in [-0.1, -0.05) is 37.6 Å². The lowest BCUT2D eigenvalue weighted by Gasteiger charge is -2.13. The van der Waals surface area contributed by atoms with E-state index >= 15 is 0 Å². The van der Waals surface area contributed by atoms with Gasteiger partial charge in [-0.3, -0.25) is 4.98 Å². The molecule has 0 fully saturated rings. The molecule has 1 nitrogen and oxygen atoms in total. The lowest BCUT2D eigenvalue weighted by atomic mass is 9.93. The zero-order valence-corrected chi connectivity index (χ0v) is 10.2. The first-order valence-electron chi connectivity index (χ1n) is 5.38. The molecule has 82 valence electrons. The predicted molar refractivity (Wildman–Crippen MR) is 68.8 cm³/mol. The van der Waals surface area contributed by atoms with Gasteiger partial charge in [0.05, 0.1) is 0 Å². The van der Waals surface area contributed by atoms with Crippen LogP contribution in [-0.4, -0.2) is 4.98 Å². The van der Waals surface area contributed by atoms with Crippen LogP contribution in [-0.2, 0) is 0 Å². The Morgan fingerprint density at radius 1 is 1.19 bits per heavy atom. The minimum Gasteiger partial charge on any atom is -0.264 e. The molecule has 2 aromatic rings. The zero-order valence-electron chi connectivity index (χ0n) is 9.44. The Morgan fingerprint density at radius 3 is 2.62 bits per heavy atom. The molecule has 0 bridgehead atoms. The fraction of sp³-hybridized carbons (Fsp3) is 0.214. The number of hydrogen-bond acceptors (Lipinski definition) is 1. The van der Waals surface area contributed by atoms with E-state index in [4.69, 9.17) is 11.6 Å². The fourth-order valence-corrected chi connectivity index (χ4v) is 1.98. The summed E-state index contributed by atoms with van der Waals surface area (Å²) in [5, 5.41) is 0.788. The molecule has 0 aliphatic carbocycles. The summed E-state index contributed by atoms with van der Waals surface area (Å²) in [6.45, 7) is 4.34. The molecule has 0 unspecified atom stereocenters. The van der Waals surface area contributed by atoms with Crippen molar-refractivity contribution in [3.63, 3.8) is 0 Å². The molecule has 1 heterocycles. The minimum absolute atomic E-state index is 0.453. The van der Waals surface area contributed by atoms with Crippen LogP contribution in [0, 0.1) is 0 Å². The van der Waals surface area contributed by atoms with Gasteiger partial charge >= 0.3 is 0 Å². The van der Waals surface area contributed by atoms with Crippen LogP contribution in [0.25, 0.3) is 11.1 Å². The van der Waals surface area contributed by atoms with E-state index in [0.717, 1.165) is 10.6 Å². The second-order valence-corrected chi connectivity index (χ2v) is 4.56. The highest BCUT2D eigenvalue weighted by Gasteiger charge is 2.09. The third-order valence-corrected chi connectivity index (χ3v) is 2.84. The lowest BCUT2D eigenvalue weighted by Crippen LogP contribution is -1.92. The third-order valence-electron chi connectivity index (χ3n) is 2.61. The third kappa shape index (κ3) is 2.25. The maximum Gasteiger partial charge on any atom is 0.0409 e. The molecule has 0 spiro atoms. The number of nitrogens with zero attached hydrogens (tertiary/aromatic N) is 1. The molecule has 2 rings (SSSR count). The molecule has 16 heavy (non-hydrogen) atoms. The number of rotatable bonds is 2. The molecule has 0 atom stereocenters. The number of pyridine rings is 1. The molecule has 0 radical (unpaired) electrons. The molecule has 0 saturated heterocycles. The van der Waals surface area contributed by atoms with Crippen molar-refractivity contribution >= 4 is 11.6 Å². The first-order chi connectivity index (χ1) is 7.68. The van der Waals surface area contributed by atoms with Crippen LogP contribution in [0.3, 0.4) is 0 Å². The molecular weight excluding hydrogens is 218 g/mol. The van der Waals surface area contributed by atoms with E-state index in [1.54, 1.807) is 6.20 Å². The first kappa shape index (κ1) is 11.2. The molecule has 2 heteroatoms. The normalized spacial score (nSPS) is 10.8. The van der Waals surface area contributed by atoms with Gasteiger partial charge in [-0.15, -0.1) is 0 Å². The van der Waals surface area contributed by atoms with Crippen molar-refractivity contribution in [3.05, 3.63) is 53.3 Å². The van der Waals surface area contributed by atoms with Crippen LogP contribution in [0.4, 0.5) is 0 Å². The molecule has 0 saturated carbocycles. The second-order valence-electron chi connectivity index (χ2n) is 4.13. The average Bonchev–Trinajstić information content (AvgIpc) is 2.30. The Morgan fingerprint density at radius 2 is 2.00 bits per heavy atom. The van der Waals surface area contributed by atoms with E-state index in [1.165, 1.54) is 11.1 Å². The van der Waals surface area contributed by atoms with Crippen molar-refractivity contribution in [2.45, 2.75) is 19.8 Å². The van der Waals surface area contributed by atoms with Gasteiger partial charge in [-0.05, 0) is 35.2 Å². The van der Waals surface area contributed by atoms with Crippen molar-refractivity contribution in [1.82, 2.24) is 4.98 Å². The standard InChI is InChI=1S/C14H14ClN/c1-10(2)14-8-12(15)5-6-13(14)11-4-3-7-16-9-11/h3-10H,1-2H3. The van der Waals surface area contributed by atoms with E-state index in [2.05, 4.69) is 31.0 Å². The molecule has 0 amide bonds. The van der Waals surface area contributed by atoms with Gasteiger partial charge in [0.25, 0.3) is 0 Å². The van der Waals surface area contributed by atoms with Crippen molar-refractivity contribution in [2.75, 3.05) is 0 Å². The largest absolute Gasteiger partial charge is 0.264 e. The van der Waals surface area contributed by atoms with Crippen molar-refractivity contribution in [3.8, 4) is 11.1 Å². The summed E-state index contributed by atoms with van der Waals surface area (Å²) in [6, 6.07) is 10.1. The molecule has 0 aliphatic rings. The highest BCUT2D eigenvalue weighted by atomic mass is 35.5.